The van der Waals surface area contributed by atoms with E-state index in [-0.39, 0.29) is 30.2 Å². The number of rotatable bonds is 5. The fourth-order valence-corrected chi connectivity index (χ4v) is 3.40. The highest BCUT2D eigenvalue weighted by molar-refractivity contribution is 5.95. The van der Waals surface area contributed by atoms with Gasteiger partial charge in [-0.3, -0.25) is 4.79 Å². The summed E-state index contributed by atoms with van der Waals surface area (Å²) in [5.74, 6) is -0.434. The number of aryl methyl sites for hydroxylation is 3. The molecule has 2 aromatic rings. The molecule has 0 bridgehead atoms. The molecule has 3 amide bonds. The molecule has 2 unspecified atom stereocenters. The lowest BCUT2D eigenvalue weighted by Crippen LogP contribution is -2.41. The van der Waals surface area contributed by atoms with E-state index in [9.17, 15) is 14.0 Å². The molecule has 0 spiro atoms. The van der Waals surface area contributed by atoms with Gasteiger partial charge in [-0.15, -0.1) is 0 Å². The average Bonchev–Trinajstić information content (AvgIpc) is 3.35. The van der Waals surface area contributed by atoms with Crippen LogP contribution in [0, 0.1) is 26.6 Å². The van der Waals surface area contributed by atoms with Crippen LogP contribution in [0.2, 0.25) is 0 Å². The molecule has 1 saturated carbocycles. The Morgan fingerprint density at radius 1 is 1.11 bits per heavy atom. The Kier molecular flexibility index (Phi) is 5.44. The van der Waals surface area contributed by atoms with Crippen LogP contribution >= 0.6 is 0 Å². The topological polar surface area (TPSA) is 70.2 Å². The third-order valence-electron chi connectivity index (χ3n) is 4.73. The summed E-state index contributed by atoms with van der Waals surface area (Å²) in [6.07, 6.45) is 0.769. The maximum atomic E-state index is 13.3. The van der Waals surface area contributed by atoms with E-state index in [0.717, 1.165) is 34.4 Å². The van der Waals surface area contributed by atoms with Gasteiger partial charge >= 0.3 is 6.03 Å². The van der Waals surface area contributed by atoms with Gasteiger partial charge in [0.2, 0.25) is 5.91 Å². The van der Waals surface area contributed by atoms with Crippen LogP contribution in [0.3, 0.4) is 0 Å². The van der Waals surface area contributed by atoms with Gasteiger partial charge in [-0.05, 0) is 56.0 Å². The van der Waals surface area contributed by atoms with E-state index in [4.69, 9.17) is 0 Å². The number of urea groups is 1. The molecule has 0 aliphatic heterocycles. The zero-order chi connectivity index (χ0) is 19.6. The number of hydrogen-bond donors (Lipinski definition) is 3. The number of halogens is 1. The Hall–Kier alpha value is -2.89. The van der Waals surface area contributed by atoms with E-state index in [0.29, 0.717) is 0 Å². The van der Waals surface area contributed by atoms with Gasteiger partial charge in [-0.25, -0.2) is 9.18 Å². The van der Waals surface area contributed by atoms with Crippen molar-refractivity contribution in [2.24, 2.45) is 0 Å². The molecule has 27 heavy (non-hydrogen) atoms. The molecule has 0 saturated heterocycles. The van der Waals surface area contributed by atoms with Gasteiger partial charge in [0.25, 0.3) is 0 Å². The SMILES string of the molecule is Cc1cc(C)c(NC(=O)CNC(=O)NC2CC2c2cccc(F)c2)c(C)c1. The Balaban J connectivity index is 1.45. The smallest absolute Gasteiger partial charge is 0.315 e. The van der Waals surface area contributed by atoms with E-state index < -0.39 is 6.03 Å². The summed E-state index contributed by atoms with van der Waals surface area (Å²) in [5, 5.41) is 8.24. The molecule has 2 atom stereocenters. The molecular formula is C21H24FN3O2. The van der Waals surface area contributed by atoms with Crippen molar-refractivity contribution in [1.82, 2.24) is 10.6 Å². The van der Waals surface area contributed by atoms with Crippen LogP contribution in [0.4, 0.5) is 14.9 Å². The van der Waals surface area contributed by atoms with Crippen LogP contribution in [-0.2, 0) is 4.79 Å². The van der Waals surface area contributed by atoms with Gasteiger partial charge in [0, 0.05) is 17.6 Å². The van der Waals surface area contributed by atoms with Crippen molar-refractivity contribution in [3.8, 4) is 0 Å². The number of anilines is 1. The van der Waals surface area contributed by atoms with Gasteiger partial charge in [0.05, 0.1) is 6.54 Å². The van der Waals surface area contributed by atoms with Gasteiger partial charge in [-0.1, -0.05) is 29.8 Å². The molecule has 0 heterocycles. The quantitative estimate of drug-likeness (QED) is 0.754. The molecule has 6 heteroatoms. The number of hydrogen-bond acceptors (Lipinski definition) is 2. The zero-order valence-electron chi connectivity index (χ0n) is 15.7. The minimum atomic E-state index is -0.397. The highest BCUT2D eigenvalue weighted by atomic mass is 19.1. The first kappa shape index (κ1) is 18.9. The van der Waals surface area contributed by atoms with Gasteiger partial charge in [0.15, 0.2) is 0 Å². The maximum Gasteiger partial charge on any atom is 0.315 e. The van der Waals surface area contributed by atoms with E-state index >= 15 is 0 Å². The zero-order valence-corrected chi connectivity index (χ0v) is 15.7. The molecule has 5 nitrogen and oxygen atoms in total. The molecule has 2 aromatic carbocycles. The Morgan fingerprint density at radius 3 is 2.48 bits per heavy atom. The number of nitrogens with one attached hydrogen (secondary N) is 3. The van der Waals surface area contributed by atoms with Crippen LogP contribution in [0.5, 0.6) is 0 Å². The fraction of sp³-hybridized carbons (Fsp3) is 0.333. The lowest BCUT2D eigenvalue weighted by molar-refractivity contribution is -0.115. The molecular weight excluding hydrogens is 345 g/mol. The van der Waals surface area contributed by atoms with Crippen molar-refractivity contribution in [3.63, 3.8) is 0 Å². The summed E-state index contributed by atoms with van der Waals surface area (Å²) in [5.41, 5.74) is 4.77. The first-order valence-electron chi connectivity index (χ1n) is 9.01. The molecule has 142 valence electrons. The van der Waals surface area contributed by atoms with Crippen molar-refractivity contribution in [2.75, 3.05) is 11.9 Å². The summed E-state index contributed by atoms with van der Waals surface area (Å²) < 4.78 is 13.3. The van der Waals surface area contributed by atoms with Gasteiger partial charge < -0.3 is 16.0 Å². The predicted molar refractivity (Wildman–Crippen MR) is 103 cm³/mol. The largest absolute Gasteiger partial charge is 0.335 e. The third kappa shape index (κ3) is 4.84. The maximum absolute atomic E-state index is 13.3. The molecule has 0 aromatic heterocycles. The lowest BCUT2D eigenvalue weighted by Gasteiger charge is -2.13. The predicted octanol–water partition coefficient (Wildman–Crippen LogP) is 3.54. The lowest BCUT2D eigenvalue weighted by atomic mass is 10.1. The normalized spacial score (nSPS) is 17.9. The Labute approximate surface area is 158 Å². The molecule has 0 radical (unpaired) electrons. The average molecular weight is 369 g/mol. The van der Waals surface area contributed by atoms with Crippen LogP contribution in [0.1, 0.15) is 34.6 Å². The summed E-state index contributed by atoms with van der Waals surface area (Å²) in [4.78, 5) is 24.1. The summed E-state index contributed by atoms with van der Waals surface area (Å²) in [6.45, 7) is 5.77. The van der Waals surface area contributed by atoms with E-state index in [1.54, 1.807) is 6.07 Å². The minimum Gasteiger partial charge on any atom is -0.335 e. The van der Waals surface area contributed by atoms with Crippen LogP contribution in [-0.4, -0.2) is 24.5 Å². The van der Waals surface area contributed by atoms with Gasteiger partial charge in [-0.2, -0.15) is 0 Å². The Bertz CT molecular complexity index is 858. The van der Waals surface area contributed by atoms with E-state index in [2.05, 4.69) is 16.0 Å². The fourth-order valence-electron chi connectivity index (χ4n) is 3.40. The molecule has 3 N–H and O–H groups in total. The van der Waals surface area contributed by atoms with E-state index in [1.807, 2.05) is 39.0 Å². The number of benzene rings is 2. The number of carbonyl (C=O) groups is 2. The second-order valence-corrected chi connectivity index (χ2v) is 7.15. The molecule has 1 aliphatic carbocycles. The molecule has 1 aliphatic rings. The minimum absolute atomic E-state index is 0.0311. The first-order valence-corrected chi connectivity index (χ1v) is 9.01. The van der Waals surface area contributed by atoms with Crippen LogP contribution in [0.15, 0.2) is 36.4 Å². The monoisotopic (exact) mass is 369 g/mol. The summed E-state index contributed by atoms with van der Waals surface area (Å²) in [6, 6.07) is 9.99. The molecule has 1 fully saturated rings. The first-order chi connectivity index (χ1) is 12.8. The standard InChI is InChI=1S/C21H24FN3O2/c1-12-7-13(2)20(14(3)8-12)25-19(26)11-23-21(27)24-18-10-17(18)15-5-4-6-16(22)9-15/h4-9,17-18H,10-11H2,1-3H3,(H,25,26)(H2,23,24,27). The van der Waals surface area contributed by atoms with Crippen molar-refractivity contribution in [1.29, 1.82) is 0 Å². The van der Waals surface area contributed by atoms with Crippen molar-refractivity contribution < 1.29 is 14.0 Å². The highest BCUT2D eigenvalue weighted by Gasteiger charge is 2.39. The summed E-state index contributed by atoms with van der Waals surface area (Å²) in [7, 11) is 0. The van der Waals surface area contributed by atoms with Crippen molar-refractivity contribution in [2.45, 2.75) is 39.2 Å². The third-order valence-corrected chi connectivity index (χ3v) is 4.73. The molecule has 3 rings (SSSR count). The van der Waals surface area contributed by atoms with Gasteiger partial charge in [0.1, 0.15) is 5.82 Å². The Morgan fingerprint density at radius 2 is 1.81 bits per heavy atom. The van der Waals surface area contributed by atoms with Crippen LogP contribution < -0.4 is 16.0 Å². The summed E-state index contributed by atoms with van der Waals surface area (Å²) >= 11 is 0. The van der Waals surface area contributed by atoms with Crippen LogP contribution in [0.25, 0.3) is 0 Å². The second kappa shape index (κ2) is 7.78. The number of carbonyl (C=O) groups excluding carboxylic acids is 2. The highest BCUT2D eigenvalue weighted by Crippen LogP contribution is 2.40. The second-order valence-electron chi connectivity index (χ2n) is 7.15. The van der Waals surface area contributed by atoms with Crippen molar-refractivity contribution in [3.05, 3.63) is 64.5 Å². The van der Waals surface area contributed by atoms with E-state index in [1.165, 1.54) is 12.1 Å². The van der Waals surface area contributed by atoms with Crippen molar-refractivity contribution >= 4 is 17.6 Å². The number of amides is 3.